The molecule has 1 aliphatic heterocycles. The predicted molar refractivity (Wildman–Crippen MR) is 117 cm³/mol. The third-order valence-corrected chi connectivity index (χ3v) is 6.04. The van der Waals surface area contributed by atoms with Crippen LogP contribution in [0.25, 0.3) is 0 Å². The van der Waals surface area contributed by atoms with Crippen molar-refractivity contribution in [3.63, 3.8) is 0 Å². The highest BCUT2D eigenvalue weighted by Gasteiger charge is 2.25. The molecule has 0 aliphatic carbocycles. The minimum atomic E-state index is -0.501. The molecule has 4 rings (SSSR count). The Morgan fingerprint density at radius 2 is 2.00 bits per heavy atom. The number of hydrogen-bond donors (Lipinski definition) is 1. The first-order valence-electron chi connectivity index (χ1n) is 9.49. The van der Waals surface area contributed by atoms with Crippen LogP contribution in [0.5, 0.6) is 0 Å². The van der Waals surface area contributed by atoms with Crippen molar-refractivity contribution < 1.29 is 14.5 Å². The summed E-state index contributed by atoms with van der Waals surface area (Å²) >= 11 is 1.40. The first-order valence-corrected chi connectivity index (χ1v) is 10.4. The summed E-state index contributed by atoms with van der Waals surface area (Å²) in [6, 6.07) is 13.6. The maximum atomic E-state index is 12.9. The van der Waals surface area contributed by atoms with Gasteiger partial charge >= 0.3 is 0 Å². The predicted octanol–water partition coefficient (Wildman–Crippen LogP) is 4.81. The first-order chi connectivity index (χ1) is 14.5. The highest BCUT2D eigenvalue weighted by atomic mass is 32.1. The molecule has 152 valence electrons. The maximum absolute atomic E-state index is 12.9. The lowest BCUT2D eigenvalue weighted by atomic mass is 10.0. The van der Waals surface area contributed by atoms with Crippen LogP contribution in [0.4, 0.5) is 17.1 Å². The zero-order valence-electron chi connectivity index (χ0n) is 16.3. The quantitative estimate of drug-likeness (QED) is 0.483. The lowest BCUT2D eigenvalue weighted by molar-refractivity contribution is -0.385. The van der Waals surface area contributed by atoms with Crippen molar-refractivity contribution in [1.29, 1.82) is 0 Å². The molecule has 2 aromatic carbocycles. The molecule has 2 amide bonds. The number of aryl methyl sites for hydroxylation is 1. The average Bonchev–Trinajstić information content (AvgIpc) is 3.27. The number of benzene rings is 2. The van der Waals surface area contributed by atoms with Crippen LogP contribution in [-0.2, 0) is 6.42 Å². The molecule has 1 aliphatic rings. The van der Waals surface area contributed by atoms with Crippen molar-refractivity contribution in [2.75, 3.05) is 16.8 Å². The first kappa shape index (κ1) is 19.8. The third-order valence-electron chi connectivity index (χ3n) is 5.19. The smallest absolute Gasteiger partial charge is 0.273 e. The van der Waals surface area contributed by atoms with Crippen molar-refractivity contribution in [3.8, 4) is 0 Å². The minimum absolute atomic E-state index is 0.0519. The molecule has 1 N–H and O–H groups in total. The fourth-order valence-corrected chi connectivity index (χ4v) is 4.33. The fraction of sp³-hybridized carbons (Fsp3) is 0.182. The summed E-state index contributed by atoms with van der Waals surface area (Å²) in [7, 11) is 0. The average molecular weight is 421 g/mol. The van der Waals surface area contributed by atoms with Gasteiger partial charge in [-0.05, 0) is 55.0 Å². The van der Waals surface area contributed by atoms with Crippen LogP contribution in [0.3, 0.4) is 0 Å². The lowest BCUT2D eigenvalue weighted by Gasteiger charge is -2.29. The number of anilines is 2. The number of carbonyl (C=O) groups is 2. The molecule has 0 radical (unpaired) electrons. The van der Waals surface area contributed by atoms with Gasteiger partial charge in [0.15, 0.2) is 0 Å². The van der Waals surface area contributed by atoms with E-state index >= 15 is 0 Å². The van der Waals surface area contributed by atoms with Crippen LogP contribution in [0, 0.1) is 17.0 Å². The van der Waals surface area contributed by atoms with Gasteiger partial charge in [0, 0.05) is 35.1 Å². The van der Waals surface area contributed by atoms with E-state index in [-0.39, 0.29) is 17.2 Å². The summed E-state index contributed by atoms with van der Waals surface area (Å²) in [5.41, 5.74) is 2.83. The van der Waals surface area contributed by atoms with Gasteiger partial charge < -0.3 is 10.2 Å². The van der Waals surface area contributed by atoms with E-state index in [0.29, 0.717) is 22.7 Å². The van der Waals surface area contributed by atoms with E-state index in [9.17, 15) is 19.7 Å². The molecule has 0 fully saturated rings. The number of amides is 2. The van der Waals surface area contributed by atoms with E-state index in [1.54, 1.807) is 36.1 Å². The van der Waals surface area contributed by atoms with Crippen LogP contribution in [0.2, 0.25) is 0 Å². The normalized spacial score (nSPS) is 12.9. The number of thiophene rings is 1. The van der Waals surface area contributed by atoms with Crippen molar-refractivity contribution in [1.82, 2.24) is 0 Å². The van der Waals surface area contributed by atoms with Gasteiger partial charge in [-0.15, -0.1) is 11.3 Å². The minimum Gasteiger partial charge on any atom is -0.322 e. The number of hydrogen-bond acceptors (Lipinski definition) is 5. The van der Waals surface area contributed by atoms with E-state index in [1.165, 1.54) is 23.5 Å². The molecule has 30 heavy (non-hydrogen) atoms. The number of rotatable bonds is 4. The number of nitrogens with zero attached hydrogens (tertiary/aromatic N) is 2. The van der Waals surface area contributed by atoms with E-state index in [0.717, 1.165) is 24.1 Å². The molecule has 8 heteroatoms. The van der Waals surface area contributed by atoms with Gasteiger partial charge in [0.1, 0.15) is 0 Å². The number of nitro groups is 1. The highest BCUT2D eigenvalue weighted by molar-refractivity contribution is 7.12. The monoisotopic (exact) mass is 421 g/mol. The molecule has 0 saturated carbocycles. The fourth-order valence-electron chi connectivity index (χ4n) is 3.66. The van der Waals surface area contributed by atoms with E-state index in [1.807, 2.05) is 17.5 Å². The van der Waals surface area contributed by atoms with E-state index in [2.05, 4.69) is 5.32 Å². The molecular formula is C22H19N3O4S. The van der Waals surface area contributed by atoms with Crippen molar-refractivity contribution in [2.45, 2.75) is 19.8 Å². The van der Waals surface area contributed by atoms with Crippen molar-refractivity contribution in [2.24, 2.45) is 0 Å². The summed E-state index contributed by atoms with van der Waals surface area (Å²) in [6.07, 6.45) is 1.74. The second-order valence-corrected chi connectivity index (χ2v) is 7.99. The van der Waals surface area contributed by atoms with E-state index < -0.39 is 10.8 Å². The number of nitro benzene ring substituents is 1. The SMILES string of the molecule is Cc1c(C(=O)Nc2ccc3c(c2)N(C(=O)c2cccs2)CCC3)cccc1[N+](=O)[O-]. The molecule has 0 unspecified atom stereocenters. The second kappa shape index (κ2) is 8.08. The zero-order valence-corrected chi connectivity index (χ0v) is 17.1. The second-order valence-electron chi connectivity index (χ2n) is 7.04. The van der Waals surface area contributed by atoms with Gasteiger partial charge in [0.05, 0.1) is 9.80 Å². The molecule has 1 aromatic heterocycles. The Balaban J connectivity index is 1.62. The third kappa shape index (κ3) is 3.69. The molecule has 3 aromatic rings. The lowest BCUT2D eigenvalue weighted by Crippen LogP contribution is -2.35. The number of fused-ring (bicyclic) bond motifs is 1. The summed E-state index contributed by atoms with van der Waals surface area (Å²) in [5, 5.41) is 15.8. The Morgan fingerprint density at radius 3 is 2.73 bits per heavy atom. The largest absolute Gasteiger partial charge is 0.322 e. The van der Waals surface area contributed by atoms with Gasteiger partial charge in [-0.25, -0.2) is 0 Å². The van der Waals surface area contributed by atoms with Gasteiger partial charge in [-0.3, -0.25) is 19.7 Å². The van der Waals surface area contributed by atoms with Crippen molar-refractivity contribution in [3.05, 3.63) is 85.6 Å². The number of carbonyl (C=O) groups excluding carboxylic acids is 2. The van der Waals surface area contributed by atoms with E-state index in [4.69, 9.17) is 0 Å². The molecule has 0 spiro atoms. The standard InChI is InChI=1S/C22H19N3O4S/c1-14-17(6-2-7-18(14)25(28)29)21(26)23-16-10-9-15-5-3-11-24(19(15)13-16)22(27)20-8-4-12-30-20/h2,4,6-10,12-13H,3,5,11H2,1H3,(H,23,26). The van der Waals surface area contributed by atoms with Crippen LogP contribution >= 0.6 is 11.3 Å². The Hall–Kier alpha value is -3.52. The maximum Gasteiger partial charge on any atom is 0.273 e. The summed E-state index contributed by atoms with van der Waals surface area (Å²) in [4.78, 5) is 38.7. The summed E-state index contributed by atoms with van der Waals surface area (Å²) in [6.45, 7) is 2.17. The molecule has 0 bridgehead atoms. The van der Waals surface area contributed by atoms with Gasteiger partial charge in [0.2, 0.25) is 0 Å². The molecule has 2 heterocycles. The van der Waals surface area contributed by atoms with Crippen LogP contribution in [0.15, 0.2) is 53.9 Å². The molecule has 0 atom stereocenters. The van der Waals surface area contributed by atoms with Gasteiger partial charge in [-0.2, -0.15) is 0 Å². The topological polar surface area (TPSA) is 92.6 Å². The molecule has 7 nitrogen and oxygen atoms in total. The summed E-state index contributed by atoms with van der Waals surface area (Å²) < 4.78 is 0. The summed E-state index contributed by atoms with van der Waals surface area (Å²) in [5.74, 6) is -0.480. The van der Waals surface area contributed by atoms with Crippen molar-refractivity contribution >= 4 is 40.2 Å². The molecule has 0 saturated heterocycles. The Bertz CT molecular complexity index is 1140. The van der Waals surface area contributed by atoms with Gasteiger partial charge in [-0.1, -0.05) is 18.2 Å². The number of nitrogens with one attached hydrogen (secondary N) is 1. The molecular weight excluding hydrogens is 402 g/mol. The van der Waals surface area contributed by atoms with Crippen LogP contribution in [-0.4, -0.2) is 23.3 Å². The highest BCUT2D eigenvalue weighted by Crippen LogP contribution is 2.32. The zero-order chi connectivity index (χ0) is 21.3. The van der Waals surface area contributed by atoms with Crippen LogP contribution < -0.4 is 10.2 Å². The van der Waals surface area contributed by atoms with Gasteiger partial charge in [0.25, 0.3) is 17.5 Å². The van der Waals surface area contributed by atoms with Crippen LogP contribution in [0.1, 0.15) is 37.6 Å². The Labute approximate surface area is 177 Å². The Morgan fingerprint density at radius 1 is 1.17 bits per heavy atom. The Kier molecular flexibility index (Phi) is 5.33.